The summed E-state index contributed by atoms with van der Waals surface area (Å²) in [5.74, 6) is 2.71. The van der Waals surface area contributed by atoms with Gasteiger partial charge in [0, 0.05) is 25.5 Å². The molecule has 0 aromatic heterocycles. The van der Waals surface area contributed by atoms with Gasteiger partial charge < -0.3 is 10.2 Å². The van der Waals surface area contributed by atoms with Gasteiger partial charge in [0.2, 0.25) is 5.91 Å². The van der Waals surface area contributed by atoms with E-state index in [0.717, 1.165) is 48.4 Å². The molecule has 1 aromatic carbocycles. The van der Waals surface area contributed by atoms with Gasteiger partial charge in [-0.25, -0.2) is 0 Å². The number of hydrogen-bond acceptors (Lipinski definition) is 2. The summed E-state index contributed by atoms with van der Waals surface area (Å²) in [5, 5.41) is 3.23. The Bertz CT molecular complexity index is 558. The van der Waals surface area contributed by atoms with E-state index >= 15 is 0 Å². The highest BCUT2D eigenvalue weighted by Crippen LogP contribution is 2.60. The average molecular weight is 298 g/mol. The van der Waals surface area contributed by atoms with Crippen LogP contribution in [0.2, 0.25) is 0 Å². The maximum atomic E-state index is 13.0. The monoisotopic (exact) mass is 298 g/mol. The Labute approximate surface area is 133 Å². The van der Waals surface area contributed by atoms with Crippen LogP contribution in [0, 0.1) is 23.2 Å². The lowest BCUT2D eigenvalue weighted by Gasteiger charge is -2.55. The van der Waals surface area contributed by atoms with Crippen molar-refractivity contribution in [1.82, 2.24) is 0 Å². The fraction of sp³-hybridized carbons (Fsp3) is 0.632. The van der Waals surface area contributed by atoms with Crippen LogP contribution in [-0.2, 0) is 4.79 Å². The Morgan fingerprint density at radius 1 is 1.09 bits per heavy atom. The number of nitrogens with one attached hydrogen (secondary N) is 1. The zero-order valence-corrected chi connectivity index (χ0v) is 13.6. The smallest absolute Gasteiger partial charge is 0.230 e. The molecular weight excluding hydrogens is 272 g/mol. The second-order valence-corrected chi connectivity index (χ2v) is 8.10. The van der Waals surface area contributed by atoms with E-state index in [4.69, 9.17) is 0 Å². The fourth-order valence-electron chi connectivity index (χ4n) is 5.51. The van der Waals surface area contributed by atoms with Crippen LogP contribution in [0.15, 0.2) is 24.3 Å². The van der Waals surface area contributed by atoms with E-state index < -0.39 is 0 Å². The highest BCUT2D eigenvalue weighted by atomic mass is 16.2. The number of benzene rings is 1. The molecule has 0 aliphatic heterocycles. The average Bonchev–Trinajstić information content (AvgIpc) is 2.46. The summed E-state index contributed by atoms with van der Waals surface area (Å²) in [4.78, 5) is 15.1. The first-order chi connectivity index (χ1) is 10.5. The van der Waals surface area contributed by atoms with Gasteiger partial charge in [-0.3, -0.25) is 4.79 Å². The SMILES string of the molecule is CN(C)c1cccc(NC(=O)C23CC4CC(CC(C4)C2)C3)c1. The van der Waals surface area contributed by atoms with Gasteiger partial charge in [-0.15, -0.1) is 0 Å². The zero-order valence-electron chi connectivity index (χ0n) is 13.6. The van der Waals surface area contributed by atoms with Gasteiger partial charge in [-0.05, 0) is 74.5 Å². The van der Waals surface area contributed by atoms with E-state index in [1.54, 1.807) is 0 Å². The largest absolute Gasteiger partial charge is 0.378 e. The van der Waals surface area contributed by atoms with Crippen molar-refractivity contribution in [3.05, 3.63) is 24.3 Å². The van der Waals surface area contributed by atoms with Crippen LogP contribution < -0.4 is 10.2 Å². The van der Waals surface area contributed by atoms with Crippen molar-refractivity contribution in [3.8, 4) is 0 Å². The summed E-state index contributed by atoms with van der Waals surface area (Å²) < 4.78 is 0. The van der Waals surface area contributed by atoms with Gasteiger partial charge in [0.25, 0.3) is 0 Å². The lowest BCUT2D eigenvalue weighted by molar-refractivity contribution is -0.140. The van der Waals surface area contributed by atoms with Crippen LogP contribution in [0.4, 0.5) is 11.4 Å². The van der Waals surface area contributed by atoms with Crippen LogP contribution >= 0.6 is 0 Å². The minimum atomic E-state index is -0.0666. The van der Waals surface area contributed by atoms with E-state index in [1.165, 1.54) is 19.3 Å². The molecule has 4 aliphatic carbocycles. The van der Waals surface area contributed by atoms with Gasteiger partial charge in [-0.2, -0.15) is 0 Å². The van der Waals surface area contributed by atoms with E-state index in [-0.39, 0.29) is 11.3 Å². The van der Waals surface area contributed by atoms with Crippen molar-refractivity contribution in [1.29, 1.82) is 0 Å². The highest BCUT2D eigenvalue weighted by molar-refractivity contribution is 5.96. The number of rotatable bonds is 3. The molecular formula is C19H26N2O. The first-order valence-corrected chi connectivity index (χ1v) is 8.63. The van der Waals surface area contributed by atoms with E-state index in [9.17, 15) is 4.79 Å². The van der Waals surface area contributed by atoms with E-state index in [2.05, 4.69) is 22.3 Å². The molecule has 5 rings (SSSR count). The molecule has 4 fully saturated rings. The standard InChI is InChI=1S/C19H26N2O/c1-21(2)17-5-3-4-16(9-17)20-18(22)19-10-13-6-14(11-19)8-15(7-13)12-19/h3-5,9,13-15H,6-8,10-12H2,1-2H3,(H,20,22). The fourth-order valence-corrected chi connectivity index (χ4v) is 5.51. The van der Waals surface area contributed by atoms with Crippen LogP contribution in [-0.4, -0.2) is 20.0 Å². The molecule has 3 heteroatoms. The van der Waals surface area contributed by atoms with Crippen molar-refractivity contribution in [2.45, 2.75) is 38.5 Å². The lowest BCUT2D eigenvalue weighted by Crippen LogP contribution is -2.51. The Morgan fingerprint density at radius 2 is 1.68 bits per heavy atom. The molecule has 1 N–H and O–H groups in total. The maximum Gasteiger partial charge on any atom is 0.230 e. The molecule has 118 valence electrons. The third-order valence-electron chi connectivity index (χ3n) is 6.14. The molecule has 0 atom stereocenters. The zero-order chi connectivity index (χ0) is 15.3. The summed E-state index contributed by atoms with van der Waals surface area (Å²) in [5.41, 5.74) is 2.00. The molecule has 22 heavy (non-hydrogen) atoms. The molecule has 4 bridgehead atoms. The Kier molecular flexibility index (Phi) is 3.21. The number of carbonyl (C=O) groups excluding carboxylic acids is 1. The molecule has 3 nitrogen and oxygen atoms in total. The molecule has 0 radical (unpaired) electrons. The summed E-state index contributed by atoms with van der Waals surface area (Å²) in [6.45, 7) is 0. The van der Waals surface area contributed by atoms with Crippen LogP contribution in [0.25, 0.3) is 0 Å². The highest BCUT2D eigenvalue weighted by Gasteiger charge is 2.54. The van der Waals surface area contributed by atoms with Crippen molar-refractivity contribution in [2.75, 3.05) is 24.3 Å². The topological polar surface area (TPSA) is 32.3 Å². The van der Waals surface area contributed by atoms with Crippen molar-refractivity contribution >= 4 is 17.3 Å². The predicted octanol–water partition coefficient (Wildman–Crippen LogP) is 3.91. The van der Waals surface area contributed by atoms with E-state index in [0.29, 0.717) is 0 Å². The van der Waals surface area contributed by atoms with Crippen LogP contribution in [0.1, 0.15) is 38.5 Å². The number of nitrogens with zero attached hydrogens (tertiary/aromatic N) is 1. The first kappa shape index (κ1) is 14.1. The number of carbonyl (C=O) groups is 1. The van der Waals surface area contributed by atoms with Crippen LogP contribution in [0.3, 0.4) is 0 Å². The normalized spacial score (nSPS) is 35.5. The number of hydrogen-bond donors (Lipinski definition) is 1. The summed E-state index contributed by atoms with van der Waals surface area (Å²) in [6.07, 6.45) is 7.50. The lowest BCUT2D eigenvalue weighted by atomic mass is 9.49. The van der Waals surface area contributed by atoms with Gasteiger partial charge in [0.1, 0.15) is 0 Å². The molecule has 4 aliphatic rings. The minimum absolute atomic E-state index is 0.0666. The molecule has 0 spiro atoms. The summed E-state index contributed by atoms with van der Waals surface area (Å²) in [6, 6.07) is 8.16. The predicted molar refractivity (Wildman–Crippen MR) is 90.0 cm³/mol. The second kappa shape index (κ2) is 5.00. The second-order valence-electron chi connectivity index (χ2n) is 8.10. The molecule has 1 aromatic rings. The Balaban J connectivity index is 1.54. The number of anilines is 2. The quantitative estimate of drug-likeness (QED) is 0.917. The maximum absolute atomic E-state index is 13.0. The molecule has 1 amide bonds. The third kappa shape index (κ3) is 2.31. The summed E-state index contributed by atoms with van der Waals surface area (Å²) in [7, 11) is 4.06. The number of amides is 1. The molecule has 4 saturated carbocycles. The Hall–Kier alpha value is -1.51. The molecule has 0 saturated heterocycles. The third-order valence-corrected chi connectivity index (χ3v) is 6.14. The van der Waals surface area contributed by atoms with Gasteiger partial charge >= 0.3 is 0 Å². The van der Waals surface area contributed by atoms with Crippen LogP contribution in [0.5, 0.6) is 0 Å². The van der Waals surface area contributed by atoms with Crippen molar-refractivity contribution in [3.63, 3.8) is 0 Å². The van der Waals surface area contributed by atoms with Crippen molar-refractivity contribution in [2.24, 2.45) is 23.2 Å². The van der Waals surface area contributed by atoms with Gasteiger partial charge in [0.05, 0.1) is 5.41 Å². The first-order valence-electron chi connectivity index (χ1n) is 8.63. The minimum Gasteiger partial charge on any atom is -0.378 e. The van der Waals surface area contributed by atoms with Crippen molar-refractivity contribution < 1.29 is 4.79 Å². The van der Waals surface area contributed by atoms with Gasteiger partial charge in [0.15, 0.2) is 0 Å². The summed E-state index contributed by atoms with van der Waals surface area (Å²) >= 11 is 0. The molecule has 0 heterocycles. The van der Waals surface area contributed by atoms with E-state index in [1.807, 2.05) is 26.2 Å². The Morgan fingerprint density at radius 3 is 2.23 bits per heavy atom. The molecule has 0 unspecified atom stereocenters. The van der Waals surface area contributed by atoms with Gasteiger partial charge in [-0.1, -0.05) is 6.07 Å².